The van der Waals surface area contributed by atoms with E-state index in [0.717, 1.165) is 11.1 Å². The number of rotatable bonds is 8. The molecular formula is C18H21NO3S. The van der Waals surface area contributed by atoms with Crippen molar-refractivity contribution in [2.45, 2.75) is 6.61 Å². The number of nitrogens with one attached hydrogen (secondary N) is 1. The molecule has 0 aromatic heterocycles. The van der Waals surface area contributed by atoms with Crippen LogP contribution in [-0.2, 0) is 11.3 Å². The van der Waals surface area contributed by atoms with Crippen molar-refractivity contribution in [2.75, 3.05) is 27.4 Å². The number of benzene rings is 2. The molecule has 0 heterocycles. The van der Waals surface area contributed by atoms with Crippen molar-refractivity contribution in [1.29, 1.82) is 0 Å². The molecular weight excluding hydrogens is 310 g/mol. The maximum absolute atomic E-state index is 5.84. The Morgan fingerprint density at radius 1 is 1.04 bits per heavy atom. The summed E-state index contributed by atoms with van der Waals surface area (Å²) in [7, 11) is 3.28. The van der Waals surface area contributed by atoms with Crippen molar-refractivity contribution in [3.05, 3.63) is 59.7 Å². The van der Waals surface area contributed by atoms with E-state index in [2.05, 4.69) is 5.32 Å². The first-order valence-electron chi connectivity index (χ1n) is 7.36. The largest absolute Gasteiger partial charge is 0.493 e. The van der Waals surface area contributed by atoms with Crippen LogP contribution in [0.5, 0.6) is 11.5 Å². The summed E-state index contributed by atoms with van der Waals surface area (Å²) in [4.78, 5) is 0.662. The van der Waals surface area contributed by atoms with Gasteiger partial charge in [-0.15, -0.1) is 0 Å². The Morgan fingerprint density at radius 2 is 1.83 bits per heavy atom. The molecule has 2 rings (SSSR count). The smallest absolute Gasteiger partial charge is 0.161 e. The second-order valence-corrected chi connectivity index (χ2v) is 5.30. The minimum absolute atomic E-state index is 0.493. The first kappa shape index (κ1) is 17.2. The molecule has 5 heteroatoms. The van der Waals surface area contributed by atoms with Crippen molar-refractivity contribution < 1.29 is 14.2 Å². The van der Waals surface area contributed by atoms with Gasteiger partial charge in [0.1, 0.15) is 11.6 Å². The van der Waals surface area contributed by atoms with Crippen LogP contribution in [0.25, 0.3) is 0 Å². The molecule has 0 atom stereocenters. The van der Waals surface area contributed by atoms with Gasteiger partial charge in [-0.3, -0.25) is 0 Å². The first-order chi connectivity index (χ1) is 11.2. The Kier molecular flexibility index (Phi) is 6.84. The van der Waals surface area contributed by atoms with Gasteiger partial charge in [0, 0.05) is 19.2 Å². The summed E-state index contributed by atoms with van der Waals surface area (Å²) < 4.78 is 16.3. The van der Waals surface area contributed by atoms with E-state index in [9.17, 15) is 0 Å². The first-order valence-corrected chi connectivity index (χ1v) is 7.77. The second-order valence-electron chi connectivity index (χ2n) is 4.89. The number of ether oxygens (including phenoxy) is 3. The van der Waals surface area contributed by atoms with E-state index in [1.165, 1.54) is 0 Å². The second kappa shape index (κ2) is 9.12. The summed E-state index contributed by atoms with van der Waals surface area (Å²) in [6, 6.07) is 15.7. The molecule has 122 valence electrons. The highest BCUT2D eigenvalue weighted by atomic mass is 32.1. The summed E-state index contributed by atoms with van der Waals surface area (Å²) >= 11 is 5.36. The molecule has 4 nitrogen and oxygen atoms in total. The molecule has 0 fully saturated rings. The fourth-order valence-electron chi connectivity index (χ4n) is 2.03. The molecule has 1 N–H and O–H groups in total. The molecule has 0 saturated heterocycles. The summed E-state index contributed by atoms with van der Waals surface area (Å²) in [5.74, 6) is 1.36. The monoisotopic (exact) mass is 331 g/mol. The maximum Gasteiger partial charge on any atom is 0.161 e. The lowest BCUT2D eigenvalue weighted by atomic mass is 10.2. The Morgan fingerprint density at radius 3 is 2.52 bits per heavy atom. The highest BCUT2D eigenvalue weighted by Crippen LogP contribution is 2.29. The lowest BCUT2D eigenvalue weighted by Crippen LogP contribution is -2.26. The lowest BCUT2D eigenvalue weighted by Gasteiger charge is -2.13. The highest BCUT2D eigenvalue weighted by molar-refractivity contribution is 7.80. The summed E-state index contributed by atoms with van der Waals surface area (Å²) in [5.41, 5.74) is 2.00. The van der Waals surface area contributed by atoms with Crippen molar-refractivity contribution in [2.24, 2.45) is 0 Å². The summed E-state index contributed by atoms with van der Waals surface area (Å²) in [5, 5.41) is 3.14. The molecule has 23 heavy (non-hydrogen) atoms. The molecule has 2 aromatic rings. The predicted molar refractivity (Wildman–Crippen MR) is 95.3 cm³/mol. The van der Waals surface area contributed by atoms with Crippen LogP contribution in [0.2, 0.25) is 0 Å². The zero-order valence-electron chi connectivity index (χ0n) is 13.4. The zero-order valence-corrected chi connectivity index (χ0v) is 14.2. The molecule has 0 unspecified atom stereocenters. The van der Waals surface area contributed by atoms with Gasteiger partial charge in [-0.05, 0) is 23.8 Å². The van der Waals surface area contributed by atoms with Gasteiger partial charge < -0.3 is 19.5 Å². The van der Waals surface area contributed by atoms with Crippen LogP contribution in [-0.4, -0.2) is 32.4 Å². The van der Waals surface area contributed by atoms with Crippen molar-refractivity contribution in [1.82, 2.24) is 5.32 Å². The van der Waals surface area contributed by atoms with Crippen LogP contribution in [0.1, 0.15) is 11.1 Å². The molecule has 0 bridgehead atoms. The third-order valence-electron chi connectivity index (χ3n) is 3.25. The van der Waals surface area contributed by atoms with Gasteiger partial charge in [-0.2, -0.15) is 0 Å². The molecule has 0 spiro atoms. The molecule has 0 saturated carbocycles. The Labute approximate surface area is 142 Å². The van der Waals surface area contributed by atoms with E-state index < -0.39 is 0 Å². The van der Waals surface area contributed by atoms with Gasteiger partial charge in [0.15, 0.2) is 11.5 Å². The minimum Gasteiger partial charge on any atom is -0.493 e. The van der Waals surface area contributed by atoms with Gasteiger partial charge in [0.05, 0.1) is 13.7 Å². The van der Waals surface area contributed by atoms with Gasteiger partial charge in [0.25, 0.3) is 0 Å². The lowest BCUT2D eigenvalue weighted by molar-refractivity contribution is 0.204. The Hall–Kier alpha value is -2.11. The van der Waals surface area contributed by atoms with Gasteiger partial charge in [0.2, 0.25) is 0 Å². The van der Waals surface area contributed by atoms with Crippen molar-refractivity contribution in [3.8, 4) is 11.5 Å². The Balaban J connectivity index is 2.02. The van der Waals surface area contributed by atoms with Gasteiger partial charge >= 0.3 is 0 Å². The summed E-state index contributed by atoms with van der Waals surface area (Å²) in [6.45, 7) is 1.77. The van der Waals surface area contributed by atoms with E-state index in [0.29, 0.717) is 36.2 Å². The van der Waals surface area contributed by atoms with Crippen LogP contribution in [0.3, 0.4) is 0 Å². The predicted octanol–water partition coefficient (Wildman–Crippen LogP) is 3.19. The van der Waals surface area contributed by atoms with Gasteiger partial charge in [-0.1, -0.05) is 42.5 Å². The quantitative estimate of drug-likeness (QED) is 0.594. The van der Waals surface area contributed by atoms with E-state index in [1.807, 2.05) is 48.5 Å². The zero-order chi connectivity index (χ0) is 16.5. The van der Waals surface area contributed by atoms with Crippen LogP contribution < -0.4 is 14.8 Å². The molecule has 0 aliphatic carbocycles. The molecule has 0 amide bonds. The van der Waals surface area contributed by atoms with Crippen LogP contribution >= 0.6 is 12.2 Å². The number of methoxy groups -OCH3 is 2. The Bertz CT molecular complexity index is 631. The average Bonchev–Trinajstić information content (AvgIpc) is 2.60. The van der Waals surface area contributed by atoms with Crippen molar-refractivity contribution in [3.63, 3.8) is 0 Å². The highest BCUT2D eigenvalue weighted by Gasteiger charge is 2.09. The number of thiocarbonyl (C=S) groups is 1. The van der Waals surface area contributed by atoms with E-state index in [1.54, 1.807) is 14.2 Å². The molecule has 0 radical (unpaired) electrons. The average molecular weight is 331 g/mol. The number of hydrogen-bond acceptors (Lipinski definition) is 4. The fourth-order valence-corrected chi connectivity index (χ4v) is 2.26. The standard InChI is InChI=1S/C18H21NO3S/c1-20-11-10-19-18(23)15-8-9-16(17(12-15)21-2)22-13-14-6-4-3-5-7-14/h3-9,12H,10-11,13H2,1-2H3,(H,19,23). The fraction of sp³-hybridized carbons (Fsp3) is 0.278. The molecule has 0 aliphatic heterocycles. The maximum atomic E-state index is 5.84. The topological polar surface area (TPSA) is 39.7 Å². The van der Waals surface area contributed by atoms with Crippen molar-refractivity contribution >= 4 is 17.2 Å². The van der Waals surface area contributed by atoms with E-state index in [-0.39, 0.29) is 0 Å². The summed E-state index contributed by atoms with van der Waals surface area (Å²) in [6.07, 6.45) is 0. The van der Waals surface area contributed by atoms with Gasteiger partial charge in [-0.25, -0.2) is 0 Å². The van der Waals surface area contributed by atoms with Crippen LogP contribution in [0, 0.1) is 0 Å². The van der Waals surface area contributed by atoms with E-state index in [4.69, 9.17) is 26.4 Å². The minimum atomic E-state index is 0.493. The molecule has 2 aromatic carbocycles. The SMILES string of the molecule is COCCNC(=S)c1ccc(OCc2ccccc2)c(OC)c1. The van der Waals surface area contributed by atoms with Crippen LogP contribution in [0.15, 0.2) is 48.5 Å². The van der Waals surface area contributed by atoms with E-state index >= 15 is 0 Å². The normalized spacial score (nSPS) is 10.2. The molecule has 0 aliphatic rings. The van der Waals surface area contributed by atoms with Crippen LogP contribution in [0.4, 0.5) is 0 Å². The third kappa shape index (κ3) is 5.23. The number of hydrogen-bond donors (Lipinski definition) is 1. The third-order valence-corrected chi connectivity index (χ3v) is 3.63.